The van der Waals surface area contributed by atoms with E-state index in [-0.39, 0.29) is 5.41 Å². The summed E-state index contributed by atoms with van der Waals surface area (Å²) >= 11 is 0. The van der Waals surface area contributed by atoms with Gasteiger partial charge in [-0.1, -0.05) is 178 Å². The smallest absolute Gasteiger partial charge is 0.136 e. The highest BCUT2D eigenvalue weighted by Gasteiger charge is 2.38. The molecule has 2 heterocycles. The van der Waals surface area contributed by atoms with Gasteiger partial charge in [-0.15, -0.1) is 0 Å². The minimum absolute atomic E-state index is 0.166. The van der Waals surface area contributed by atoms with Crippen LogP contribution in [0.3, 0.4) is 0 Å². The molecule has 0 saturated heterocycles. The van der Waals surface area contributed by atoms with Gasteiger partial charge >= 0.3 is 0 Å². The zero-order valence-electron chi connectivity index (χ0n) is 37.1. The first-order valence-corrected chi connectivity index (χ1v) is 23.4. The molecule has 15 rings (SSSR count). The van der Waals surface area contributed by atoms with Gasteiger partial charge in [-0.25, -0.2) is 0 Å². The molecule has 2 heteroatoms. The maximum Gasteiger partial charge on any atom is 0.136 e. The van der Waals surface area contributed by atoms with Crippen LogP contribution < -0.4 is 0 Å². The first-order valence-electron chi connectivity index (χ1n) is 23.4. The van der Waals surface area contributed by atoms with Crippen LogP contribution in [-0.4, -0.2) is 4.57 Å². The lowest BCUT2D eigenvalue weighted by Crippen LogP contribution is -2.16. The van der Waals surface area contributed by atoms with E-state index >= 15 is 0 Å². The van der Waals surface area contributed by atoms with Gasteiger partial charge in [-0.2, -0.15) is 0 Å². The molecule has 0 aliphatic heterocycles. The summed E-state index contributed by atoms with van der Waals surface area (Å²) in [5.74, 6) is 0. The standard InChI is InChI=1S/C65H41NO/c1-65(2)57-27-15-14-22-45(57)50-30-31-51-54-34-38(28-32-58(54)66(64(51)63(50)65)40-16-4-3-5-17-40)61-46-23-10-12-25-48(46)62(49-26-13-11-24-47(49)61)39-29-33-59-55(35-39)56-36-52-43-20-8-6-18-41(43)42-19-7-9-21-44(42)53(52)37-60(56)67-59/h3-37H,1-2H3. The summed E-state index contributed by atoms with van der Waals surface area (Å²) in [5.41, 5.74) is 15.7. The highest BCUT2D eigenvalue weighted by Crippen LogP contribution is 2.54. The number of aromatic nitrogens is 1. The minimum atomic E-state index is -0.166. The molecule has 0 atom stereocenters. The molecule has 312 valence electrons. The Bertz CT molecular complexity index is 4410. The Labute approximate surface area is 386 Å². The highest BCUT2D eigenvalue weighted by molar-refractivity contribution is 6.29. The minimum Gasteiger partial charge on any atom is -0.456 e. The maximum absolute atomic E-state index is 6.71. The van der Waals surface area contributed by atoms with Gasteiger partial charge in [-0.05, 0) is 147 Å². The second kappa shape index (κ2) is 13.3. The summed E-state index contributed by atoms with van der Waals surface area (Å²) in [6.45, 7) is 4.79. The Morgan fingerprint density at radius 3 is 1.49 bits per heavy atom. The number of hydrogen-bond acceptors (Lipinski definition) is 1. The Kier molecular flexibility index (Phi) is 7.32. The second-order valence-electron chi connectivity index (χ2n) is 19.1. The Morgan fingerprint density at radius 1 is 0.343 bits per heavy atom. The normalized spacial score (nSPS) is 13.3. The Balaban J connectivity index is 0.971. The van der Waals surface area contributed by atoms with Gasteiger partial charge in [0, 0.05) is 32.6 Å². The number of hydrogen-bond donors (Lipinski definition) is 0. The van der Waals surface area contributed by atoms with Gasteiger partial charge in [0.15, 0.2) is 0 Å². The van der Waals surface area contributed by atoms with Crippen molar-refractivity contribution in [2.45, 2.75) is 19.3 Å². The van der Waals surface area contributed by atoms with Crippen molar-refractivity contribution in [3.63, 3.8) is 0 Å². The third-order valence-electron chi connectivity index (χ3n) is 15.3. The summed E-state index contributed by atoms with van der Waals surface area (Å²) in [5, 5.41) is 17.3. The molecule has 67 heavy (non-hydrogen) atoms. The summed E-state index contributed by atoms with van der Waals surface area (Å²) < 4.78 is 9.23. The molecule has 1 aliphatic carbocycles. The van der Waals surface area contributed by atoms with Crippen LogP contribution in [0.25, 0.3) is 137 Å². The number of rotatable bonds is 3. The van der Waals surface area contributed by atoms with Crippen molar-refractivity contribution in [2.24, 2.45) is 0 Å². The molecule has 0 bridgehead atoms. The van der Waals surface area contributed by atoms with Gasteiger partial charge in [-0.3, -0.25) is 0 Å². The Hall–Kier alpha value is -8.46. The second-order valence-corrected chi connectivity index (χ2v) is 19.1. The lowest BCUT2D eigenvalue weighted by atomic mass is 9.81. The molecular weight excluding hydrogens is 811 g/mol. The third kappa shape index (κ3) is 4.94. The zero-order chi connectivity index (χ0) is 44.1. The molecule has 0 spiro atoms. The van der Waals surface area contributed by atoms with Crippen LogP contribution in [0.15, 0.2) is 217 Å². The van der Waals surface area contributed by atoms with E-state index in [0.717, 1.165) is 21.9 Å². The van der Waals surface area contributed by atoms with Crippen LogP contribution in [0.4, 0.5) is 0 Å². The molecule has 14 aromatic rings. The van der Waals surface area contributed by atoms with Crippen LogP contribution in [0, 0.1) is 0 Å². The molecule has 0 N–H and O–H groups in total. The molecule has 2 nitrogen and oxygen atoms in total. The molecule has 0 saturated carbocycles. The van der Waals surface area contributed by atoms with Gasteiger partial charge < -0.3 is 8.98 Å². The third-order valence-corrected chi connectivity index (χ3v) is 15.3. The average molecular weight is 852 g/mol. The summed E-state index contributed by atoms with van der Waals surface area (Å²) in [6.07, 6.45) is 0. The van der Waals surface area contributed by atoms with Crippen molar-refractivity contribution in [1.82, 2.24) is 4.57 Å². The number of para-hydroxylation sites is 1. The molecule has 0 radical (unpaired) electrons. The fraction of sp³-hybridized carbons (Fsp3) is 0.0462. The summed E-state index contributed by atoms with van der Waals surface area (Å²) in [7, 11) is 0. The highest BCUT2D eigenvalue weighted by atomic mass is 16.3. The topological polar surface area (TPSA) is 18.1 Å². The first kappa shape index (κ1) is 36.8. The molecular formula is C65H41NO. The van der Waals surface area contributed by atoms with Crippen molar-refractivity contribution >= 4 is 97.6 Å². The van der Waals surface area contributed by atoms with Crippen molar-refractivity contribution in [1.29, 1.82) is 0 Å². The molecule has 1 aliphatic rings. The van der Waals surface area contributed by atoms with Crippen LogP contribution in [0.2, 0.25) is 0 Å². The molecule has 2 aromatic heterocycles. The van der Waals surface area contributed by atoms with E-state index in [1.165, 1.54) is 126 Å². The van der Waals surface area contributed by atoms with Gasteiger partial charge in [0.25, 0.3) is 0 Å². The van der Waals surface area contributed by atoms with E-state index in [1.54, 1.807) is 0 Å². The summed E-state index contributed by atoms with van der Waals surface area (Å²) in [6, 6.07) is 78.8. The molecule has 0 unspecified atom stereocenters. The van der Waals surface area contributed by atoms with E-state index in [4.69, 9.17) is 4.42 Å². The van der Waals surface area contributed by atoms with Crippen LogP contribution >= 0.6 is 0 Å². The van der Waals surface area contributed by atoms with Crippen molar-refractivity contribution in [3.8, 4) is 39.1 Å². The quantitative estimate of drug-likeness (QED) is 0.128. The average Bonchev–Trinajstić information content (AvgIpc) is 3.99. The van der Waals surface area contributed by atoms with Crippen molar-refractivity contribution < 1.29 is 4.42 Å². The molecule has 0 fully saturated rings. The monoisotopic (exact) mass is 851 g/mol. The number of nitrogens with zero attached hydrogens (tertiary/aromatic N) is 1. The van der Waals surface area contributed by atoms with Crippen LogP contribution in [0.5, 0.6) is 0 Å². The number of benzene rings is 12. The van der Waals surface area contributed by atoms with Gasteiger partial charge in [0.05, 0.1) is 11.0 Å². The zero-order valence-corrected chi connectivity index (χ0v) is 37.1. The molecule has 0 amide bonds. The predicted octanol–water partition coefficient (Wildman–Crippen LogP) is 18.1. The van der Waals surface area contributed by atoms with Crippen LogP contribution in [0.1, 0.15) is 25.0 Å². The van der Waals surface area contributed by atoms with E-state index in [1.807, 2.05) is 0 Å². The van der Waals surface area contributed by atoms with Crippen molar-refractivity contribution in [3.05, 3.63) is 223 Å². The Morgan fingerprint density at radius 2 is 0.851 bits per heavy atom. The van der Waals surface area contributed by atoms with Gasteiger partial charge in [0.2, 0.25) is 0 Å². The lowest BCUT2D eigenvalue weighted by molar-refractivity contribution is 0.664. The lowest BCUT2D eigenvalue weighted by Gasteiger charge is -2.23. The van der Waals surface area contributed by atoms with E-state index in [0.29, 0.717) is 0 Å². The first-order chi connectivity index (χ1) is 33.0. The predicted molar refractivity (Wildman–Crippen MR) is 284 cm³/mol. The maximum atomic E-state index is 6.71. The van der Waals surface area contributed by atoms with E-state index in [9.17, 15) is 0 Å². The van der Waals surface area contributed by atoms with E-state index < -0.39 is 0 Å². The fourth-order valence-corrected chi connectivity index (χ4v) is 12.4. The number of furan rings is 1. The SMILES string of the molecule is CC1(C)c2ccccc2-c2ccc3c4cc(-c5c6ccccc6c(-c6ccc7oc8cc9c%10ccccc%10c%10ccccc%10c9cc8c7c6)c6ccccc56)ccc4n(-c4ccccc4)c3c21. The fourth-order valence-electron chi connectivity index (χ4n) is 12.4. The van der Waals surface area contributed by atoms with E-state index in [2.05, 4.69) is 231 Å². The number of fused-ring (bicyclic) bond motifs is 18. The largest absolute Gasteiger partial charge is 0.456 e. The molecule has 12 aromatic carbocycles. The summed E-state index contributed by atoms with van der Waals surface area (Å²) in [4.78, 5) is 0. The van der Waals surface area contributed by atoms with Crippen molar-refractivity contribution in [2.75, 3.05) is 0 Å². The van der Waals surface area contributed by atoms with Crippen LogP contribution in [-0.2, 0) is 5.41 Å². The van der Waals surface area contributed by atoms with Gasteiger partial charge in [0.1, 0.15) is 11.2 Å².